The van der Waals surface area contributed by atoms with Gasteiger partial charge in [-0.3, -0.25) is 4.79 Å². The number of aromatic amines is 1. The fourth-order valence-corrected chi connectivity index (χ4v) is 1.27. The van der Waals surface area contributed by atoms with Crippen LogP contribution in [-0.2, 0) is 6.42 Å². The maximum Gasteiger partial charge on any atom is 0.248 e. The van der Waals surface area contributed by atoms with Crippen molar-refractivity contribution < 1.29 is 0 Å². The number of pyridine rings is 1. The summed E-state index contributed by atoms with van der Waals surface area (Å²) < 4.78 is 0. The summed E-state index contributed by atoms with van der Waals surface area (Å²) in [7, 11) is 0. The highest BCUT2D eigenvalue weighted by Crippen LogP contribution is 2.08. The van der Waals surface area contributed by atoms with Gasteiger partial charge in [0.15, 0.2) is 0 Å². The number of nitrogens with one attached hydrogen (secondary N) is 1. The molecule has 1 N–H and O–H groups in total. The number of aromatic nitrogens is 1. The van der Waals surface area contributed by atoms with Crippen LogP contribution < -0.4 is 5.56 Å². The Bertz CT molecular complexity index is 312. The Morgan fingerprint density at radius 1 is 1.42 bits per heavy atom. The monoisotopic (exact) mass is 165 g/mol. The summed E-state index contributed by atoms with van der Waals surface area (Å²) in [5.74, 6) is 0.634. The molecule has 0 aromatic carbocycles. The van der Waals surface area contributed by atoms with Gasteiger partial charge >= 0.3 is 0 Å². The second-order valence-electron chi connectivity index (χ2n) is 3.57. The molecule has 66 valence electrons. The third-order valence-electron chi connectivity index (χ3n) is 1.86. The molecule has 0 fully saturated rings. The van der Waals surface area contributed by atoms with Crippen molar-refractivity contribution in [1.29, 1.82) is 0 Å². The molecule has 1 rings (SSSR count). The average molecular weight is 165 g/mol. The lowest BCUT2D eigenvalue weighted by Crippen LogP contribution is -2.08. The zero-order valence-electron chi connectivity index (χ0n) is 7.85. The first-order chi connectivity index (χ1) is 5.59. The molecule has 1 heterocycles. The van der Waals surface area contributed by atoms with Crippen LogP contribution in [0, 0.1) is 12.8 Å². The smallest absolute Gasteiger partial charge is 0.248 e. The average Bonchev–Trinajstić information content (AvgIpc) is 1.94. The lowest BCUT2D eigenvalue weighted by Gasteiger charge is -2.06. The zero-order valence-corrected chi connectivity index (χ0v) is 7.85. The summed E-state index contributed by atoms with van der Waals surface area (Å²) in [4.78, 5) is 13.7. The fraction of sp³-hybridized carbons (Fsp3) is 0.500. The molecule has 0 spiro atoms. The van der Waals surface area contributed by atoms with Gasteiger partial charge in [-0.05, 0) is 24.8 Å². The van der Waals surface area contributed by atoms with E-state index in [2.05, 4.69) is 18.8 Å². The molecule has 0 radical (unpaired) electrons. The van der Waals surface area contributed by atoms with E-state index in [-0.39, 0.29) is 5.56 Å². The Hall–Kier alpha value is -1.05. The minimum atomic E-state index is -0.0139. The van der Waals surface area contributed by atoms with Gasteiger partial charge in [-0.15, -0.1) is 0 Å². The first-order valence-electron chi connectivity index (χ1n) is 4.28. The van der Waals surface area contributed by atoms with E-state index >= 15 is 0 Å². The van der Waals surface area contributed by atoms with Crippen molar-refractivity contribution >= 4 is 0 Å². The molecular formula is C10H15NO. The molecule has 0 aliphatic heterocycles. The van der Waals surface area contributed by atoms with Crippen LogP contribution in [0.3, 0.4) is 0 Å². The van der Waals surface area contributed by atoms with Crippen LogP contribution in [0.2, 0.25) is 0 Å². The van der Waals surface area contributed by atoms with E-state index in [4.69, 9.17) is 0 Å². The fourth-order valence-electron chi connectivity index (χ4n) is 1.27. The van der Waals surface area contributed by atoms with Crippen LogP contribution in [0.15, 0.2) is 16.9 Å². The standard InChI is InChI=1S/C10H15NO/c1-7(2)6-9-4-5-10(12)11-8(9)3/h4-5,7H,6H2,1-3H3,(H,11,12). The van der Waals surface area contributed by atoms with E-state index in [0.29, 0.717) is 5.92 Å². The van der Waals surface area contributed by atoms with Crippen molar-refractivity contribution in [2.24, 2.45) is 5.92 Å². The zero-order chi connectivity index (χ0) is 9.14. The first-order valence-corrected chi connectivity index (χ1v) is 4.28. The van der Waals surface area contributed by atoms with Crippen LogP contribution in [-0.4, -0.2) is 4.98 Å². The van der Waals surface area contributed by atoms with Crippen molar-refractivity contribution in [3.8, 4) is 0 Å². The minimum absolute atomic E-state index is 0.0139. The van der Waals surface area contributed by atoms with Crippen molar-refractivity contribution in [3.05, 3.63) is 33.7 Å². The third-order valence-corrected chi connectivity index (χ3v) is 1.86. The van der Waals surface area contributed by atoms with Crippen molar-refractivity contribution in [1.82, 2.24) is 4.98 Å². The Labute approximate surface area is 72.6 Å². The van der Waals surface area contributed by atoms with Gasteiger partial charge in [-0.25, -0.2) is 0 Å². The molecule has 0 saturated carbocycles. The van der Waals surface area contributed by atoms with Crippen LogP contribution in [0.5, 0.6) is 0 Å². The van der Waals surface area contributed by atoms with Gasteiger partial charge in [-0.1, -0.05) is 19.9 Å². The molecule has 2 nitrogen and oxygen atoms in total. The third kappa shape index (κ3) is 2.22. The largest absolute Gasteiger partial charge is 0.326 e. The number of hydrogen-bond acceptors (Lipinski definition) is 1. The Morgan fingerprint density at radius 2 is 2.08 bits per heavy atom. The van der Waals surface area contributed by atoms with Crippen LogP contribution in [0.25, 0.3) is 0 Å². The van der Waals surface area contributed by atoms with E-state index in [9.17, 15) is 4.79 Å². The van der Waals surface area contributed by atoms with Gasteiger partial charge in [0.25, 0.3) is 0 Å². The van der Waals surface area contributed by atoms with Crippen LogP contribution in [0.1, 0.15) is 25.1 Å². The highest BCUT2D eigenvalue weighted by molar-refractivity contribution is 5.18. The van der Waals surface area contributed by atoms with Gasteiger partial charge in [0.1, 0.15) is 0 Å². The molecule has 0 aliphatic rings. The van der Waals surface area contributed by atoms with E-state index in [0.717, 1.165) is 12.1 Å². The normalized spacial score (nSPS) is 10.7. The number of aryl methyl sites for hydroxylation is 1. The second kappa shape index (κ2) is 3.57. The van der Waals surface area contributed by atoms with E-state index < -0.39 is 0 Å². The van der Waals surface area contributed by atoms with E-state index in [1.807, 2.05) is 13.0 Å². The maximum absolute atomic E-state index is 10.9. The molecule has 0 amide bonds. The van der Waals surface area contributed by atoms with Crippen LogP contribution in [0.4, 0.5) is 0 Å². The lowest BCUT2D eigenvalue weighted by atomic mass is 10.0. The Kier molecular flexibility index (Phi) is 2.69. The molecule has 1 aromatic heterocycles. The molecule has 0 unspecified atom stereocenters. The second-order valence-corrected chi connectivity index (χ2v) is 3.57. The van der Waals surface area contributed by atoms with Crippen LogP contribution >= 0.6 is 0 Å². The van der Waals surface area contributed by atoms with Gasteiger partial charge in [0.2, 0.25) is 5.56 Å². The lowest BCUT2D eigenvalue weighted by molar-refractivity contribution is 0.642. The summed E-state index contributed by atoms with van der Waals surface area (Å²) >= 11 is 0. The van der Waals surface area contributed by atoms with Gasteiger partial charge < -0.3 is 4.98 Å². The molecular weight excluding hydrogens is 150 g/mol. The van der Waals surface area contributed by atoms with Crippen molar-refractivity contribution in [2.45, 2.75) is 27.2 Å². The quantitative estimate of drug-likeness (QED) is 0.713. The van der Waals surface area contributed by atoms with E-state index in [1.54, 1.807) is 6.07 Å². The summed E-state index contributed by atoms with van der Waals surface area (Å²) in [6.45, 7) is 6.29. The first kappa shape index (κ1) is 9.04. The predicted octanol–water partition coefficient (Wildman–Crippen LogP) is 1.88. The van der Waals surface area contributed by atoms with Gasteiger partial charge in [0, 0.05) is 11.8 Å². The molecule has 0 atom stereocenters. The summed E-state index contributed by atoms with van der Waals surface area (Å²) in [6, 6.07) is 3.50. The molecule has 0 bridgehead atoms. The maximum atomic E-state index is 10.9. The molecule has 2 heteroatoms. The molecule has 12 heavy (non-hydrogen) atoms. The van der Waals surface area contributed by atoms with Gasteiger partial charge in [-0.2, -0.15) is 0 Å². The highest BCUT2D eigenvalue weighted by Gasteiger charge is 2.00. The number of rotatable bonds is 2. The highest BCUT2D eigenvalue weighted by atomic mass is 16.1. The predicted molar refractivity (Wildman–Crippen MR) is 50.3 cm³/mol. The van der Waals surface area contributed by atoms with Crippen molar-refractivity contribution in [3.63, 3.8) is 0 Å². The minimum Gasteiger partial charge on any atom is -0.326 e. The van der Waals surface area contributed by atoms with Crippen molar-refractivity contribution in [2.75, 3.05) is 0 Å². The molecule has 0 aliphatic carbocycles. The Balaban J connectivity index is 2.94. The van der Waals surface area contributed by atoms with E-state index in [1.165, 1.54) is 5.56 Å². The summed E-state index contributed by atoms with van der Waals surface area (Å²) in [6.07, 6.45) is 1.03. The van der Waals surface area contributed by atoms with Gasteiger partial charge in [0.05, 0.1) is 0 Å². The summed E-state index contributed by atoms with van der Waals surface area (Å²) in [5, 5.41) is 0. The Morgan fingerprint density at radius 3 is 2.58 bits per heavy atom. The number of H-pyrrole nitrogens is 1. The SMILES string of the molecule is Cc1[nH]c(=O)ccc1CC(C)C. The number of hydrogen-bond donors (Lipinski definition) is 1. The molecule has 0 saturated heterocycles. The summed E-state index contributed by atoms with van der Waals surface area (Å²) in [5.41, 5.74) is 2.22. The molecule has 1 aromatic rings. The topological polar surface area (TPSA) is 32.9 Å².